The van der Waals surface area contributed by atoms with E-state index in [4.69, 9.17) is 0 Å². The van der Waals surface area contributed by atoms with Crippen molar-refractivity contribution in [1.29, 1.82) is 0 Å². The number of amides is 4. The van der Waals surface area contributed by atoms with E-state index in [9.17, 15) is 19.2 Å². The zero-order valence-electron chi connectivity index (χ0n) is 12.4. The highest BCUT2D eigenvalue weighted by atomic mass is 32.1. The summed E-state index contributed by atoms with van der Waals surface area (Å²) in [7, 11) is 0. The largest absolute Gasteiger partial charge is 0.324 e. The van der Waals surface area contributed by atoms with Crippen LogP contribution in [0.1, 0.15) is 41.0 Å². The van der Waals surface area contributed by atoms with E-state index >= 15 is 0 Å². The molecule has 0 saturated carbocycles. The molecule has 8 nitrogen and oxygen atoms in total. The van der Waals surface area contributed by atoms with Gasteiger partial charge in [0, 0.05) is 32.4 Å². The molecule has 0 unspecified atom stereocenters. The van der Waals surface area contributed by atoms with Crippen LogP contribution in [0.25, 0.3) is 0 Å². The van der Waals surface area contributed by atoms with Crippen LogP contribution in [0, 0.1) is 0 Å². The van der Waals surface area contributed by atoms with Gasteiger partial charge < -0.3 is 10.2 Å². The Bertz CT molecular complexity index is 684. The molecule has 0 spiro atoms. The highest BCUT2D eigenvalue weighted by Crippen LogP contribution is 2.29. The molecule has 1 aliphatic carbocycles. The summed E-state index contributed by atoms with van der Waals surface area (Å²) in [4.78, 5) is 52.7. The van der Waals surface area contributed by atoms with Crippen LogP contribution in [-0.4, -0.2) is 46.6 Å². The molecule has 0 atom stereocenters. The van der Waals surface area contributed by atoms with E-state index in [0.717, 1.165) is 18.5 Å². The van der Waals surface area contributed by atoms with Gasteiger partial charge in [0.1, 0.15) is 0 Å². The Kier molecular flexibility index (Phi) is 4.37. The van der Waals surface area contributed by atoms with E-state index in [2.05, 4.69) is 15.6 Å². The predicted molar refractivity (Wildman–Crippen MR) is 82.4 cm³/mol. The lowest BCUT2D eigenvalue weighted by Gasteiger charge is -2.26. The lowest BCUT2D eigenvalue weighted by atomic mass is 10.0. The second-order valence-corrected chi connectivity index (χ2v) is 6.46. The molecule has 2 aliphatic rings. The van der Waals surface area contributed by atoms with Crippen LogP contribution in [-0.2, 0) is 16.0 Å². The zero-order valence-corrected chi connectivity index (χ0v) is 13.2. The molecule has 1 saturated heterocycles. The number of anilines is 1. The number of nitrogens with one attached hydrogen (secondary N) is 2. The number of ketones is 1. The number of carbonyl (C=O) groups excluding carboxylic acids is 4. The minimum atomic E-state index is -0.468. The topological polar surface area (TPSA) is 108 Å². The van der Waals surface area contributed by atoms with Gasteiger partial charge in [-0.2, -0.15) is 0 Å². The summed E-state index contributed by atoms with van der Waals surface area (Å²) >= 11 is 1.20. The molecule has 4 amide bonds. The highest BCUT2D eigenvalue weighted by molar-refractivity contribution is 7.17. The van der Waals surface area contributed by atoms with Gasteiger partial charge in [0.05, 0.1) is 10.6 Å². The fourth-order valence-electron chi connectivity index (χ4n) is 2.55. The van der Waals surface area contributed by atoms with Crippen molar-refractivity contribution in [3.05, 3.63) is 10.6 Å². The third-order valence-electron chi connectivity index (χ3n) is 3.77. The fourth-order valence-corrected chi connectivity index (χ4v) is 3.55. The molecule has 9 heteroatoms. The summed E-state index contributed by atoms with van der Waals surface area (Å²) in [6.07, 6.45) is 2.45. The van der Waals surface area contributed by atoms with Gasteiger partial charge in [0.2, 0.25) is 11.8 Å². The maximum atomic E-state index is 12.0. The van der Waals surface area contributed by atoms with Gasteiger partial charge in [0.25, 0.3) is 0 Å². The smallest absolute Gasteiger partial charge is 0.323 e. The number of rotatable bonds is 4. The number of aromatic nitrogens is 1. The SMILES string of the molecule is O=C1CCN(CCC(=O)Nc2nc3c(s2)C(=O)CCC3)C(=O)N1. The predicted octanol–water partition coefficient (Wildman–Crippen LogP) is 0.933. The fraction of sp³-hybridized carbons (Fsp3) is 0.500. The molecule has 1 fully saturated rings. The average Bonchev–Trinajstić information content (AvgIpc) is 2.90. The summed E-state index contributed by atoms with van der Waals surface area (Å²) in [5.41, 5.74) is 0.760. The van der Waals surface area contributed by atoms with E-state index in [-0.39, 0.29) is 37.0 Å². The van der Waals surface area contributed by atoms with Crippen LogP contribution in [0.15, 0.2) is 0 Å². The maximum Gasteiger partial charge on any atom is 0.324 e. The Hall–Kier alpha value is -2.29. The molecule has 1 aromatic heterocycles. The first-order chi connectivity index (χ1) is 11.0. The van der Waals surface area contributed by atoms with Crippen molar-refractivity contribution in [2.45, 2.75) is 32.1 Å². The van der Waals surface area contributed by atoms with Gasteiger partial charge in [-0.05, 0) is 12.8 Å². The molecule has 0 aromatic carbocycles. The highest BCUT2D eigenvalue weighted by Gasteiger charge is 2.24. The summed E-state index contributed by atoms with van der Waals surface area (Å²) < 4.78 is 0. The molecule has 2 heterocycles. The number of imide groups is 1. The van der Waals surface area contributed by atoms with Gasteiger partial charge in [-0.25, -0.2) is 9.78 Å². The molecule has 1 aliphatic heterocycles. The first kappa shape index (κ1) is 15.6. The number of Topliss-reactive ketones (excluding diaryl/α,β-unsaturated/α-hetero) is 1. The number of carbonyl (C=O) groups is 4. The third-order valence-corrected chi connectivity index (χ3v) is 4.82. The number of urea groups is 1. The number of thiazole rings is 1. The summed E-state index contributed by atoms with van der Waals surface area (Å²) in [6, 6.07) is -0.468. The molecular formula is C14H16N4O4S. The molecule has 2 N–H and O–H groups in total. The van der Waals surface area contributed by atoms with Crippen molar-refractivity contribution in [1.82, 2.24) is 15.2 Å². The lowest BCUT2D eigenvalue weighted by molar-refractivity contribution is -0.121. The van der Waals surface area contributed by atoms with E-state index in [1.807, 2.05) is 0 Å². The van der Waals surface area contributed by atoms with Crippen molar-refractivity contribution in [3.63, 3.8) is 0 Å². The molecule has 23 heavy (non-hydrogen) atoms. The minimum absolute atomic E-state index is 0.0823. The van der Waals surface area contributed by atoms with Crippen molar-refractivity contribution >= 4 is 40.1 Å². The average molecular weight is 336 g/mol. The van der Waals surface area contributed by atoms with Crippen molar-refractivity contribution in [2.75, 3.05) is 18.4 Å². The molecule has 0 bridgehead atoms. The summed E-state index contributed by atoms with van der Waals surface area (Å²) in [5.74, 6) is -0.485. The van der Waals surface area contributed by atoms with E-state index in [1.165, 1.54) is 16.2 Å². The molecule has 0 radical (unpaired) electrons. The van der Waals surface area contributed by atoms with E-state index in [0.29, 0.717) is 23.0 Å². The van der Waals surface area contributed by atoms with Crippen molar-refractivity contribution in [2.24, 2.45) is 0 Å². The number of aryl methyl sites for hydroxylation is 1. The van der Waals surface area contributed by atoms with Gasteiger partial charge >= 0.3 is 6.03 Å². The van der Waals surface area contributed by atoms with Crippen LogP contribution in [0.2, 0.25) is 0 Å². The first-order valence-electron chi connectivity index (χ1n) is 7.44. The Morgan fingerprint density at radius 3 is 2.83 bits per heavy atom. The number of hydrogen-bond acceptors (Lipinski definition) is 6. The Labute approximate surface area is 136 Å². The van der Waals surface area contributed by atoms with E-state index in [1.54, 1.807) is 0 Å². The molecule has 1 aromatic rings. The van der Waals surface area contributed by atoms with Crippen LogP contribution in [0.3, 0.4) is 0 Å². The van der Waals surface area contributed by atoms with Crippen LogP contribution < -0.4 is 10.6 Å². The van der Waals surface area contributed by atoms with Gasteiger partial charge in [-0.3, -0.25) is 19.7 Å². The summed E-state index contributed by atoms with van der Waals surface area (Å²) in [6.45, 7) is 0.549. The molecule has 122 valence electrons. The van der Waals surface area contributed by atoms with Crippen LogP contribution >= 0.6 is 11.3 Å². The number of fused-ring (bicyclic) bond motifs is 1. The third kappa shape index (κ3) is 3.55. The zero-order chi connectivity index (χ0) is 16.4. The monoisotopic (exact) mass is 336 g/mol. The normalized spacial score (nSPS) is 17.7. The Balaban J connectivity index is 1.53. The minimum Gasteiger partial charge on any atom is -0.323 e. The summed E-state index contributed by atoms with van der Waals surface area (Å²) in [5, 5.41) is 5.31. The maximum absolute atomic E-state index is 12.0. The molecule has 3 rings (SSSR count). The van der Waals surface area contributed by atoms with Crippen molar-refractivity contribution < 1.29 is 19.2 Å². The second kappa shape index (κ2) is 6.45. The number of nitrogens with zero attached hydrogens (tertiary/aromatic N) is 2. The Morgan fingerprint density at radius 2 is 2.09 bits per heavy atom. The van der Waals surface area contributed by atoms with E-state index < -0.39 is 6.03 Å². The van der Waals surface area contributed by atoms with Gasteiger partial charge in [-0.1, -0.05) is 11.3 Å². The quantitative estimate of drug-likeness (QED) is 0.850. The first-order valence-corrected chi connectivity index (χ1v) is 8.26. The molecular weight excluding hydrogens is 320 g/mol. The van der Waals surface area contributed by atoms with Crippen LogP contribution in [0.4, 0.5) is 9.93 Å². The lowest BCUT2D eigenvalue weighted by Crippen LogP contribution is -2.50. The van der Waals surface area contributed by atoms with Gasteiger partial charge in [0.15, 0.2) is 10.9 Å². The standard InChI is InChI=1S/C14H16N4O4S/c19-9-3-1-2-8-12(9)23-13(15-8)16-10(20)4-6-18-7-5-11(21)17-14(18)22/h1-7H2,(H,15,16,20)(H,17,21,22). The van der Waals surface area contributed by atoms with Gasteiger partial charge in [-0.15, -0.1) is 0 Å². The van der Waals surface area contributed by atoms with Crippen LogP contribution in [0.5, 0.6) is 0 Å². The number of hydrogen-bond donors (Lipinski definition) is 2. The van der Waals surface area contributed by atoms with Crippen molar-refractivity contribution in [3.8, 4) is 0 Å². The second-order valence-electron chi connectivity index (χ2n) is 5.46. The Morgan fingerprint density at radius 1 is 1.26 bits per heavy atom.